The normalized spacial score (nSPS) is 10.1. The fraction of sp³-hybridized carbons (Fsp3) is 0.0833. The molecule has 0 fully saturated rings. The molecular weight excluding hydrogens is 289 g/mol. The molecule has 0 atom stereocenters. The summed E-state index contributed by atoms with van der Waals surface area (Å²) in [5.41, 5.74) is 1.10. The topological polar surface area (TPSA) is 22.1 Å². The van der Waals surface area contributed by atoms with Crippen LogP contribution in [0.2, 0.25) is 5.15 Å². The van der Waals surface area contributed by atoms with Gasteiger partial charge in [0, 0.05) is 6.07 Å². The SMILES string of the molecule is Clc1nc(OCc2ccccc2)ccc1Br. The third-order valence-corrected chi connectivity index (χ3v) is 3.16. The number of halogens is 2. The van der Waals surface area contributed by atoms with Gasteiger partial charge in [0.15, 0.2) is 0 Å². The standard InChI is InChI=1S/C12H9BrClNO/c13-10-6-7-11(15-12(10)14)16-8-9-4-2-1-3-5-9/h1-7H,8H2. The van der Waals surface area contributed by atoms with Crippen LogP contribution in [0.4, 0.5) is 0 Å². The quantitative estimate of drug-likeness (QED) is 0.797. The zero-order valence-corrected chi connectivity index (χ0v) is 10.7. The van der Waals surface area contributed by atoms with E-state index < -0.39 is 0 Å². The van der Waals surface area contributed by atoms with Crippen molar-refractivity contribution in [1.82, 2.24) is 4.98 Å². The predicted molar refractivity (Wildman–Crippen MR) is 67.7 cm³/mol. The summed E-state index contributed by atoms with van der Waals surface area (Å²) in [4.78, 5) is 4.08. The van der Waals surface area contributed by atoms with E-state index in [-0.39, 0.29) is 0 Å². The van der Waals surface area contributed by atoms with E-state index in [4.69, 9.17) is 16.3 Å². The van der Waals surface area contributed by atoms with Crippen LogP contribution in [-0.4, -0.2) is 4.98 Å². The average molecular weight is 299 g/mol. The molecule has 1 aromatic carbocycles. The van der Waals surface area contributed by atoms with Gasteiger partial charge in [-0.2, -0.15) is 0 Å². The van der Waals surface area contributed by atoms with Crippen molar-refractivity contribution in [2.45, 2.75) is 6.61 Å². The molecule has 16 heavy (non-hydrogen) atoms. The highest BCUT2D eigenvalue weighted by Gasteiger charge is 2.01. The molecule has 0 aliphatic rings. The molecule has 0 saturated carbocycles. The molecule has 0 amide bonds. The lowest BCUT2D eigenvalue weighted by Crippen LogP contribution is -1.97. The second kappa shape index (κ2) is 5.32. The van der Waals surface area contributed by atoms with Crippen LogP contribution in [0.5, 0.6) is 5.88 Å². The van der Waals surface area contributed by atoms with E-state index in [2.05, 4.69) is 20.9 Å². The van der Waals surface area contributed by atoms with Gasteiger partial charge in [-0.05, 0) is 27.6 Å². The van der Waals surface area contributed by atoms with Crippen LogP contribution in [0.1, 0.15) is 5.56 Å². The molecule has 2 nitrogen and oxygen atoms in total. The van der Waals surface area contributed by atoms with Crippen molar-refractivity contribution >= 4 is 27.5 Å². The first kappa shape index (κ1) is 11.4. The maximum absolute atomic E-state index is 5.86. The van der Waals surface area contributed by atoms with Gasteiger partial charge in [0.05, 0.1) is 4.47 Å². The lowest BCUT2D eigenvalue weighted by Gasteiger charge is -2.05. The second-order valence-corrected chi connectivity index (χ2v) is 4.41. The summed E-state index contributed by atoms with van der Waals surface area (Å²) >= 11 is 9.13. The molecule has 0 bridgehead atoms. The van der Waals surface area contributed by atoms with Crippen LogP contribution in [0.25, 0.3) is 0 Å². The minimum absolute atomic E-state index is 0.408. The maximum Gasteiger partial charge on any atom is 0.215 e. The van der Waals surface area contributed by atoms with Crippen LogP contribution in [0, 0.1) is 0 Å². The van der Waals surface area contributed by atoms with Gasteiger partial charge >= 0.3 is 0 Å². The molecule has 0 aliphatic heterocycles. The highest BCUT2D eigenvalue weighted by atomic mass is 79.9. The summed E-state index contributed by atoms with van der Waals surface area (Å²) in [5.74, 6) is 0.525. The number of hydrogen-bond acceptors (Lipinski definition) is 2. The summed E-state index contributed by atoms with van der Waals surface area (Å²) < 4.78 is 6.28. The molecule has 4 heteroatoms. The first-order chi connectivity index (χ1) is 7.75. The van der Waals surface area contributed by atoms with E-state index in [0.29, 0.717) is 17.6 Å². The first-order valence-corrected chi connectivity index (χ1v) is 5.91. The Kier molecular flexibility index (Phi) is 3.80. The number of rotatable bonds is 3. The largest absolute Gasteiger partial charge is 0.473 e. The van der Waals surface area contributed by atoms with Gasteiger partial charge in [-0.25, -0.2) is 4.98 Å². The summed E-state index contributed by atoms with van der Waals surface area (Å²) in [6.07, 6.45) is 0. The van der Waals surface area contributed by atoms with Gasteiger partial charge < -0.3 is 4.74 Å². The van der Waals surface area contributed by atoms with Crippen LogP contribution in [-0.2, 0) is 6.61 Å². The van der Waals surface area contributed by atoms with E-state index in [1.54, 1.807) is 6.07 Å². The van der Waals surface area contributed by atoms with Gasteiger partial charge in [0.25, 0.3) is 0 Å². The minimum atomic E-state index is 0.408. The zero-order chi connectivity index (χ0) is 11.4. The number of aromatic nitrogens is 1. The summed E-state index contributed by atoms with van der Waals surface area (Å²) in [5, 5.41) is 0.408. The molecule has 2 rings (SSSR count). The Morgan fingerprint density at radius 3 is 2.56 bits per heavy atom. The van der Waals surface area contributed by atoms with Crippen molar-refractivity contribution in [3.63, 3.8) is 0 Å². The number of ether oxygens (including phenoxy) is 1. The van der Waals surface area contributed by atoms with Crippen LogP contribution >= 0.6 is 27.5 Å². The number of hydrogen-bond donors (Lipinski definition) is 0. The Morgan fingerprint density at radius 1 is 1.12 bits per heavy atom. The molecule has 0 radical (unpaired) electrons. The highest BCUT2D eigenvalue weighted by molar-refractivity contribution is 9.10. The molecule has 0 N–H and O–H groups in total. The lowest BCUT2D eigenvalue weighted by molar-refractivity contribution is 0.294. The third kappa shape index (κ3) is 2.97. The Labute approximate surface area is 107 Å². The predicted octanol–water partition coefficient (Wildman–Crippen LogP) is 4.08. The minimum Gasteiger partial charge on any atom is -0.473 e. The second-order valence-electron chi connectivity index (χ2n) is 3.20. The Hall–Kier alpha value is -1.06. The van der Waals surface area contributed by atoms with E-state index >= 15 is 0 Å². The van der Waals surface area contributed by atoms with E-state index in [1.807, 2.05) is 36.4 Å². The van der Waals surface area contributed by atoms with E-state index in [9.17, 15) is 0 Å². The van der Waals surface area contributed by atoms with Gasteiger partial charge in [-0.1, -0.05) is 41.9 Å². The molecule has 0 unspecified atom stereocenters. The molecule has 82 valence electrons. The van der Waals surface area contributed by atoms with Crippen molar-refractivity contribution in [3.8, 4) is 5.88 Å². The monoisotopic (exact) mass is 297 g/mol. The number of benzene rings is 1. The molecule has 1 aromatic heterocycles. The van der Waals surface area contributed by atoms with Crippen molar-refractivity contribution in [1.29, 1.82) is 0 Å². The van der Waals surface area contributed by atoms with Crippen LogP contribution in [0.15, 0.2) is 46.9 Å². The fourth-order valence-electron chi connectivity index (χ4n) is 1.21. The summed E-state index contributed by atoms with van der Waals surface area (Å²) in [7, 11) is 0. The van der Waals surface area contributed by atoms with Crippen molar-refractivity contribution in [2.24, 2.45) is 0 Å². The van der Waals surface area contributed by atoms with Crippen molar-refractivity contribution in [3.05, 3.63) is 57.7 Å². The molecule has 1 heterocycles. The number of pyridine rings is 1. The molecule has 2 aromatic rings. The Morgan fingerprint density at radius 2 is 1.88 bits per heavy atom. The zero-order valence-electron chi connectivity index (χ0n) is 8.36. The van der Waals surface area contributed by atoms with Crippen LogP contribution in [0.3, 0.4) is 0 Å². The van der Waals surface area contributed by atoms with Crippen LogP contribution < -0.4 is 4.74 Å². The Bertz CT molecular complexity index is 476. The van der Waals surface area contributed by atoms with Gasteiger partial charge in [0.1, 0.15) is 11.8 Å². The average Bonchev–Trinajstić information content (AvgIpc) is 2.32. The molecule has 0 aliphatic carbocycles. The molecule has 0 saturated heterocycles. The highest BCUT2D eigenvalue weighted by Crippen LogP contribution is 2.23. The number of nitrogens with zero attached hydrogens (tertiary/aromatic N) is 1. The third-order valence-electron chi connectivity index (χ3n) is 2.01. The molecule has 0 spiro atoms. The van der Waals surface area contributed by atoms with Gasteiger partial charge in [0.2, 0.25) is 5.88 Å². The van der Waals surface area contributed by atoms with Crippen molar-refractivity contribution < 1.29 is 4.74 Å². The Balaban J connectivity index is 2.03. The summed E-state index contributed by atoms with van der Waals surface area (Å²) in [6.45, 7) is 0.492. The van der Waals surface area contributed by atoms with E-state index in [0.717, 1.165) is 10.0 Å². The van der Waals surface area contributed by atoms with Crippen molar-refractivity contribution in [2.75, 3.05) is 0 Å². The smallest absolute Gasteiger partial charge is 0.215 e. The first-order valence-electron chi connectivity index (χ1n) is 4.74. The summed E-state index contributed by atoms with van der Waals surface area (Å²) in [6, 6.07) is 13.5. The van der Waals surface area contributed by atoms with E-state index in [1.165, 1.54) is 0 Å². The molecular formula is C12H9BrClNO. The maximum atomic E-state index is 5.86. The fourth-order valence-corrected chi connectivity index (χ4v) is 1.58. The lowest BCUT2D eigenvalue weighted by atomic mass is 10.2. The van der Waals surface area contributed by atoms with Gasteiger partial charge in [-0.15, -0.1) is 0 Å². The van der Waals surface area contributed by atoms with Gasteiger partial charge in [-0.3, -0.25) is 0 Å².